The summed E-state index contributed by atoms with van der Waals surface area (Å²) in [5.41, 5.74) is 4.35. The van der Waals surface area contributed by atoms with Crippen LogP contribution in [-0.4, -0.2) is 14.1 Å². The molecule has 0 fully saturated rings. The molecule has 1 aromatic carbocycles. The average molecular weight is 172 g/mol. The third-order valence-corrected chi connectivity index (χ3v) is 2.22. The smallest absolute Gasteiger partial charge is 0.118 e. The lowest BCUT2D eigenvalue weighted by Gasteiger charge is -2.13. The molecule has 0 saturated heterocycles. The van der Waals surface area contributed by atoms with Gasteiger partial charge in [0, 0.05) is 5.82 Å². The van der Waals surface area contributed by atoms with E-state index in [2.05, 4.69) is 0 Å². The molecular formula is C11H13BO. The van der Waals surface area contributed by atoms with Gasteiger partial charge in [0.15, 0.2) is 0 Å². The third kappa shape index (κ3) is 2.00. The number of aryl methyl sites for hydroxylation is 3. The van der Waals surface area contributed by atoms with Gasteiger partial charge < -0.3 is 4.79 Å². The molecule has 1 unspecified atom stereocenters. The van der Waals surface area contributed by atoms with Crippen LogP contribution >= 0.6 is 0 Å². The van der Waals surface area contributed by atoms with E-state index in [0.29, 0.717) is 0 Å². The Kier molecular flexibility index (Phi) is 2.92. The second-order valence-corrected chi connectivity index (χ2v) is 3.47. The van der Waals surface area contributed by atoms with Crippen LogP contribution in [0, 0.1) is 20.8 Å². The standard InChI is InChI=1S/C11H13BO/c1-7-4-8(2)11(9(3)5-7)10(12)6-13/h4-6,10H,1-3H3. The fraction of sp³-hybridized carbons (Fsp3) is 0.364. The van der Waals surface area contributed by atoms with Crippen LogP contribution in [0.2, 0.25) is 0 Å². The Morgan fingerprint density at radius 1 is 1.23 bits per heavy atom. The Morgan fingerprint density at radius 2 is 1.69 bits per heavy atom. The van der Waals surface area contributed by atoms with Crippen molar-refractivity contribution in [3.8, 4) is 0 Å². The van der Waals surface area contributed by atoms with E-state index in [1.54, 1.807) is 0 Å². The van der Waals surface area contributed by atoms with Crippen LogP contribution in [0.25, 0.3) is 0 Å². The van der Waals surface area contributed by atoms with E-state index in [4.69, 9.17) is 7.85 Å². The Balaban J connectivity index is 3.28. The van der Waals surface area contributed by atoms with Crippen LogP contribution in [0.1, 0.15) is 28.1 Å². The van der Waals surface area contributed by atoms with Crippen molar-refractivity contribution in [1.82, 2.24) is 0 Å². The van der Waals surface area contributed by atoms with Crippen LogP contribution in [0.4, 0.5) is 0 Å². The lowest BCUT2D eigenvalue weighted by Crippen LogP contribution is -2.04. The van der Waals surface area contributed by atoms with Crippen LogP contribution in [-0.2, 0) is 4.79 Å². The van der Waals surface area contributed by atoms with Gasteiger partial charge in [0.05, 0.1) is 7.85 Å². The van der Waals surface area contributed by atoms with Crippen LogP contribution in [0.3, 0.4) is 0 Å². The zero-order valence-electron chi connectivity index (χ0n) is 8.29. The third-order valence-electron chi connectivity index (χ3n) is 2.22. The molecule has 1 aromatic rings. The molecule has 0 N–H and O–H groups in total. The zero-order chi connectivity index (χ0) is 10.0. The van der Waals surface area contributed by atoms with Crippen molar-refractivity contribution < 1.29 is 4.79 Å². The number of hydrogen-bond donors (Lipinski definition) is 0. The molecule has 0 saturated carbocycles. The van der Waals surface area contributed by atoms with Crippen molar-refractivity contribution >= 4 is 14.1 Å². The van der Waals surface area contributed by atoms with E-state index < -0.39 is 5.82 Å². The van der Waals surface area contributed by atoms with Gasteiger partial charge in [0.1, 0.15) is 6.29 Å². The van der Waals surface area contributed by atoms with Gasteiger partial charge in [-0.15, -0.1) is 0 Å². The van der Waals surface area contributed by atoms with Crippen LogP contribution < -0.4 is 0 Å². The first-order chi connectivity index (χ1) is 6.06. The molecule has 2 heteroatoms. The topological polar surface area (TPSA) is 17.1 Å². The lowest BCUT2D eigenvalue weighted by atomic mass is 9.78. The summed E-state index contributed by atoms with van der Waals surface area (Å²) in [4.78, 5) is 10.6. The second kappa shape index (κ2) is 3.78. The van der Waals surface area contributed by atoms with Crippen molar-refractivity contribution in [2.24, 2.45) is 0 Å². The molecule has 0 aliphatic heterocycles. The maximum atomic E-state index is 10.6. The van der Waals surface area contributed by atoms with Gasteiger partial charge in [-0.3, -0.25) is 0 Å². The highest BCUT2D eigenvalue weighted by Gasteiger charge is 2.09. The number of carbonyl (C=O) groups is 1. The molecule has 0 bridgehead atoms. The van der Waals surface area contributed by atoms with E-state index >= 15 is 0 Å². The summed E-state index contributed by atoms with van der Waals surface area (Å²) in [6.45, 7) is 6.01. The minimum Gasteiger partial charge on any atom is -0.304 e. The van der Waals surface area contributed by atoms with E-state index in [1.165, 1.54) is 5.56 Å². The molecule has 0 aliphatic rings. The Bertz CT molecular complexity index is 308. The first kappa shape index (κ1) is 10.0. The van der Waals surface area contributed by atoms with Gasteiger partial charge in [-0.1, -0.05) is 17.7 Å². The predicted octanol–water partition coefficient (Wildman–Crippen LogP) is 2.02. The molecule has 13 heavy (non-hydrogen) atoms. The lowest BCUT2D eigenvalue weighted by molar-refractivity contribution is -0.107. The highest BCUT2D eigenvalue weighted by atomic mass is 16.1. The van der Waals surface area contributed by atoms with Gasteiger partial charge in [0.2, 0.25) is 0 Å². The highest BCUT2D eigenvalue weighted by molar-refractivity contribution is 6.20. The van der Waals surface area contributed by atoms with Gasteiger partial charge in [0.25, 0.3) is 0 Å². The van der Waals surface area contributed by atoms with E-state index in [0.717, 1.165) is 23.0 Å². The number of carbonyl (C=O) groups excluding carboxylic acids is 1. The van der Waals surface area contributed by atoms with Gasteiger partial charge in [-0.25, -0.2) is 0 Å². The average Bonchev–Trinajstić information content (AvgIpc) is 2.02. The molecule has 0 aliphatic carbocycles. The van der Waals surface area contributed by atoms with Crippen molar-refractivity contribution in [3.05, 3.63) is 34.4 Å². The monoisotopic (exact) mass is 172 g/mol. The number of rotatable bonds is 2. The Labute approximate surface area is 80.6 Å². The first-order valence-electron chi connectivity index (χ1n) is 4.35. The van der Waals surface area contributed by atoms with Crippen molar-refractivity contribution in [2.45, 2.75) is 26.6 Å². The zero-order valence-corrected chi connectivity index (χ0v) is 8.29. The molecular weight excluding hydrogens is 159 g/mol. The maximum absolute atomic E-state index is 10.6. The van der Waals surface area contributed by atoms with Gasteiger partial charge in [-0.05, 0) is 37.5 Å². The fourth-order valence-electron chi connectivity index (χ4n) is 1.79. The fourth-order valence-corrected chi connectivity index (χ4v) is 1.79. The van der Waals surface area contributed by atoms with Crippen molar-refractivity contribution in [2.75, 3.05) is 0 Å². The minimum absolute atomic E-state index is 0.486. The quantitative estimate of drug-likeness (QED) is 0.492. The number of benzene rings is 1. The normalized spacial score (nSPS) is 12.5. The number of hydrogen-bond acceptors (Lipinski definition) is 1. The summed E-state index contributed by atoms with van der Waals surface area (Å²) in [5.74, 6) is -0.486. The van der Waals surface area contributed by atoms with Gasteiger partial charge in [-0.2, -0.15) is 0 Å². The predicted molar refractivity (Wildman–Crippen MR) is 55.2 cm³/mol. The van der Waals surface area contributed by atoms with Crippen LogP contribution in [0.15, 0.2) is 12.1 Å². The second-order valence-electron chi connectivity index (χ2n) is 3.47. The van der Waals surface area contributed by atoms with Crippen molar-refractivity contribution in [3.63, 3.8) is 0 Å². The Morgan fingerprint density at radius 3 is 2.08 bits per heavy atom. The molecule has 1 nitrogen and oxygen atoms in total. The largest absolute Gasteiger partial charge is 0.304 e. The first-order valence-corrected chi connectivity index (χ1v) is 4.35. The maximum Gasteiger partial charge on any atom is 0.118 e. The highest BCUT2D eigenvalue weighted by Crippen LogP contribution is 2.21. The summed E-state index contributed by atoms with van der Waals surface area (Å²) in [7, 11) is 5.68. The van der Waals surface area contributed by atoms with Gasteiger partial charge >= 0.3 is 0 Å². The van der Waals surface area contributed by atoms with Crippen LogP contribution in [0.5, 0.6) is 0 Å². The molecule has 0 amide bonds. The minimum atomic E-state index is -0.486. The molecule has 1 atom stereocenters. The molecule has 1 rings (SSSR count). The summed E-state index contributed by atoms with van der Waals surface area (Å²) in [6.07, 6.45) is 0.782. The molecule has 66 valence electrons. The molecule has 2 radical (unpaired) electrons. The summed E-state index contributed by atoms with van der Waals surface area (Å²) in [5, 5.41) is 0. The Hall–Kier alpha value is -1.05. The number of aldehydes is 1. The molecule has 0 spiro atoms. The summed E-state index contributed by atoms with van der Waals surface area (Å²) < 4.78 is 0. The molecule has 0 heterocycles. The summed E-state index contributed by atoms with van der Waals surface area (Å²) >= 11 is 0. The van der Waals surface area contributed by atoms with E-state index in [9.17, 15) is 4.79 Å². The van der Waals surface area contributed by atoms with E-state index in [1.807, 2.05) is 32.9 Å². The molecule has 0 aromatic heterocycles. The van der Waals surface area contributed by atoms with E-state index in [-0.39, 0.29) is 0 Å². The van der Waals surface area contributed by atoms with Crippen molar-refractivity contribution in [1.29, 1.82) is 0 Å². The summed E-state index contributed by atoms with van der Waals surface area (Å²) in [6, 6.07) is 4.09. The SMILES string of the molecule is [B]C(C=O)c1c(C)cc(C)cc1C.